The van der Waals surface area contributed by atoms with Gasteiger partial charge >= 0.3 is 0 Å². The van der Waals surface area contributed by atoms with E-state index in [1.54, 1.807) is 6.92 Å². The first kappa shape index (κ1) is 16.4. The van der Waals surface area contributed by atoms with Crippen LogP contribution < -0.4 is 5.32 Å². The van der Waals surface area contributed by atoms with Crippen LogP contribution in [0.15, 0.2) is 52.6 Å². The Kier molecular flexibility index (Phi) is 4.51. The highest BCUT2D eigenvalue weighted by atomic mass is 32.1. The molecule has 1 atom stereocenters. The number of carbonyl (C=O) groups excluding carboxylic acids is 1. The first-order chi connectivity index (χ1) is 11.5. The van der Waals surface area contributed by atoms with Crippen LogP contribution >= 0.6 is 11.3 Å². The second-order valence-corrected chi connectivity index (χ2v) is 6.78. The zero-order valence-electron chi connectivity index (χ0n) is 13.4. The largest absolute Gasteiger partial charge is 0.443 e. The van der Waals surface area contributed by atoms with Gasteiger partial charge in [-0.05, 0) is 25.3 Å². The number of oxazole rings is 1. The molecule has 0 radical (unpaired) electrons. The second-order valence-electron chi connectivity index (χ2n) is 5.83. The molecule has 0 aliphatic rings. The van der Waals surface area contributed by atoms with Crippen molar-refractivity contribution in [3.8, 4) is 11.3 Å². The lowest BCUT2D eigenvalue weighted by molar-refractivity contribution is 0.0555. The summed E-state index contributed by atoms with van der Waals surface area (Å²) in [6.45, 7) is 3.75. The zero-order valence-corrected chi connectivity index (χ0v) is 14.3. The lowest BCUT2D eigenvalue weighted by Crippen LogP contribution is -2.38. The molecule has 0 bridgehead atoms. The van der Waals surface area contributed by atoms with Crippen LogP contribution in [0.25, 0.3) is 11.3 Å². The molecule has 0 aliphatic carbocycles. The minimum absolute atomic E-state index is 0.0898. The number of hydrogen-bond acceptors (Lipinski definition) is 5. The maximum Gasteiger partial charge on any atom is 0.274 e. The third-order valence-corrected chi connectivity index (χ3v) is 4.86. The van der Waals surface area contributed by atoms with Gasteiger partial charge in [0.25, 0.3) is 5.91 Å². The molecule has 5 nitrogen and oxygen atoms in total. The van der Waals surface area contributed by atoms with Gasteiger partial charge in [-0.3, -0.25) is 4.79 Å². The van der Waals surface area contributed by atoms with Gasteiger partial charge in [0.2, 0.25) is 0 Å². The Bertz CT molecular complexity index is 820. The molecule has 2 heterocycles. The summed E-state index contributed by atoms with van der Waals surface area (Å²) in [6.07, 6.45) is 1.25. The maximum atomic E-state index is 12.4. The lowest BCUT2D eigenvalue weighted by Gasteiger charge is -2.22. The van der Waals surface area contributed by atoms with Crippen LogP contribution in [0.4, 0.5) is 0 Å². The molecule has 3 rings (SSSR count). The Morgan fingerprint density at radius 3 is 2.75 bits per heavy atom. The summed E-state index contributed by atoms with van der Waals surface area (Å²) >= 11 is 1.44. The topological polar surface area (TPSA) is 75.4 Å². The highest BCUT2D eigenvalue weighted by molar-refractivity contribution is 7.10. The van der Waals surface area contributed by atoms with Gasteiger partial charge in [0.1, 0.15) is 5.60 Å². The molecule has 0 saturated heterocycles. The number of aliphatic hydroxyl groups is 1. The number of amides is 1. The van der Waals surface area contributed by atoms with E-state index in [9.17, 15) is 9.90 Å². The van der Waals surface area contributed by atoms with E-state index < -0.39 is 5.60 Å². The Labute approximate surface area is 144 Å². The Morgan fingerprint density at radius 2 is 2.08 bits per heavy atom. The van der Waals surface area contributed by atoms with E-state index in [0.717, 1.165) is 16.0 Å². The molecule has 0 fully saturated rings. The van der Waals surface area contributed by atoms with Crippen LogP contribution in [-0.2, 0) is 5.60 Å². The van der Waals surface area contributed by atoms with E-state index >= 15 is 0 Å². The van der Waals surface area contributed by atoms with Crippen LogP contribution in [0.5, 0.6) is 0 Å². The first-order valence-electron chi connectivity index (χ1n) is 7.52. The molecular weight excluding hydrogens is 324 g/mol. The molecular formula is C18H18N2O3S. The van der Waals surface area contributed by atoms with Crippen molar-refractivity contribution in [3.63, 3.8) is 0 Å². The fraction of sp³-hybridized carbons (Fsp3) is 0.222. The third kappa shape index (κ3) is 3.39. The van der Waals surface area contributed by atoms with E-state index in [1.165, 1.54) is 17.7 Å². The van der Waals surface area contributed by atoms with Gasteiger partial charge in [-0.1, -0.05) is 35.9 Å². The van der Waals surface area contributed by atoms with E-state index in [0.29, 0.717) is 5.76 Å². The SMILES string of the molecule is Cc1ccc(-c2ocnc2C(=O)NCC(C)(O)c2cccs2)cc1. The number of aromatic nitrogens is 1. The number of thiophene rings is 1. The number of nitrogens with zero attached hydrogens (tertiary/aromatic N) is 1. The molecule has 24 heavy (non-hydrogen) atoms. The predicted octanol–water partition coefficient (Wildman–Crippen LogP) is 3.35. The van der Waals surface area contributed by atoms with Gasteiger partial charge in [-0.2, -0.15) is 0 Å². The average molecular weight is 342 g/mol. The molecule has 0 saturated carbocycles. The standard InChI is InChI=1S/C18H18N2O3S/c1-12-5-7-13(8-6-12)16-15(20-11-23-16)17(21)19-10-18(2,22)14-4-3-9-24-14/h3-9,11,22H,10H2,1-2H3,(H,19,21). The second kappa shape index (κ2) is 6.59. The van der Waals surface area contributed by atoms with Crippen molar-refractivity contribution >= 4 is 17.2 Å². The van der Waals surface area contributed by atoms with E-state index in [4.69, 9.17) is 4.42 Å². The zero-order chi connectivity index (χ0) is 17.2. The summed E-state index contributed by atoms with van der Waals surface area (Å²) in [5.74, 6) is 0.0411. The van der Waals surface area contributed by atoms with Crippen molar-refractivity contribution in [2.75, 3.05) is 6.54 Å². The molecule has 1 aromatic carbocycles. The molecule has 0 aliphatic heterocycles. The van der Waals surface area contributed by atoms with Crippen LogP contribution in [0.3, 0.4) is 0 Å². The molecule has 2 aromatic heterocycles. The highest BCUT2D eigenvalue weighted by Crippen LogP contribution is 2.26. The van der Waals surface area contributed by atoms with Crippen LogP contribution in [0.1, 0.15) is 27.9 Å². The highest BCUT2D eigenvalue weighted by Gasteiger charge is 2.26. The van der Waals surface area contributed by atoms with Crippen LogP contribution in [0.2, 0.25) is 0 Å². The van der Waals surface area contributed by atoms with Gasteiger partial charge in [-0.15, -0.1) is 11.3 Å². The summed E-state index contributed by atoms with van der Waals surface area (Å²) in [5.41, 5.74) is 0.989. The number of nitrogens with one attached hydrogen (secondary N) is 1. The van der Waals surface area contributed by atoms with Crippen molar-refractivity contribution < 1.29 is 14.3 Å². The molecule has 2 N–H and O–H groups in total. The van der Waals surface area contributed by atoms with Crippen molar-refractivity contribution in [1.82, 2.24) is 10.3 Å². The van der Waals surface area contributed by atoms with Gasteiger partial charge in [0.15, 0.2) is 17.8 Å². The number of benzene rings is 1. The number of carbonyl (C=O) groups is 1. The van der Waals surface area contributed by atoms with E-state index in [-0.39, 0.29) is 18.1 Å². The summed E-state index contributed by atoms with van der Waals surface area (Å²) in [7, 11) is 0. The van der Waals surface area contributed by atoms with Crippen molar-refractivity contribution in [2.45, 2.75) is 19.4 Å². The summed E-state index contributed by atoms with van der Waals surface area (Å²) in [5, 5.41) is 15.1. The number of rotatable bonds is 5. The third-order valence-electron chi connectivity index (χ3n) is 3.74. The normalized spacial score (nSPS) is 13.5. The smallest absolute Gasteiger partial charge is 0.274 e. The van der Waals surface area contributed by atoms with Gasteiger partial charge in [0, 0.05) is 10.4 Å². The van der Waals surface area contributed by atoms with Crippen molar-refractivity contribution in [3.05, 3.63) is 64.3 Å². The van der Waals surface area contributed by atoms with Crippen LogP contribution in [-0.4, -0.2) is 22.5 Å². The summed E-state index contributed by atoms with van der Waals surface area (Å²) in [4.78, 5) is 17.3. The van der Waals surface area contributed by atoms with Crippen molar-refractivity contribution in [2.24, 2.45) is 0 Å². The number of hydrogen-bond donors (Lipinski definition) is 2. The molecule has 6 heteroatoms. The Hall–Kier alpha value is -2.44. The van der Waals surface area contributed by atoms with Gasteiger partial charge in [-0.25, -0.2) is 4.98 Å². The Morgan fingerprint density at radius 1 is 1.33 bits per heavy atom. The van der Waals surface area contributed by atoms with Gasteiger partial charge in [0.05, 0.1) is 6.54 Å². The maximum absolute atomic E-state index is 12.4. The summed E-state index contributed by atoms with van der Waals surface area (Å²) < 4.78 is 5.38. The molecule has 0 spiro atoms. The molecule has 1 unspecified atom stereocenters. The van der Waals surface area contributed by atoms with E-state index in [2.05, 4.69) is 10.3 Å². The van der Waals surface area contributed by atoms with Gasteiger partial charge < -0.3 is 14.8 Å². The fourth-order valence-corrected chi connectivity index (χ4v) is 3.11. The molecule has 3 aromatic rings. The summed E-state index contributed by atoms with van der Waals surface area (Å²) in [6, 6.07) is 11.4. The first-order valence-corrected chi connectivity index (χ1v) is 8.40. The average Bonchev–Trinajstić information content (AvgIpc) is 3.25. The monoisotopic (exact) mass is 342 g/mol. The molecule has 1 amide bonds. The fourth-order valence-electron chi connectivity index (χ4n) is 2.33. The Balaban J connectivity index is 1.75. The minimum Gasteiger partial charge on any atom is -0.443 e. The quantitative estimate of drug-likeness (QED) is 0.745. The predicted molar refractivity (Wildman–Crippen MR) is 92.9 cm³/mol. The van der Waals surface area contributed by atoms with Crippen LogP contribution in [0, 0.1) is 6.92 Å². The minimum atomic E-state index is -1.13. The number of aryl methyl sites for hydroxylation is 1. The molecule has 124 valence electrons. The lowest BCUT2D eigenvalue weighted by atomic mass is 10.0. The van der Waals surface area contributed by atoms with E-state index in [1.807, 2.05) is 48.7 Å². The van der Waals surface area contributed by atoms with Crippen molar-refractivity contribution in [1.29, 1.82) is 0 Å².